The van der Waals surface area contributed by atoms with E-state index in [9.17, 15) is 14.7 Å². The van der Waals surface area contributed by atoms with Crippen molar-refractivity contribution >= 4 is 29.2 Å². The zero-order chi connectivity index (χ0) is 17.8. The Bertz CT molecular complexity index is 939. The molecule has 3 aromatic carbocycles. The first-order valence-electron chi connectivity index (χ1n) is 7.55. The number of anilines is 1. The van der Waals surface area contributed by atoms with Crippen molar-refractivity contribution in [2.75, 3.05) is 5.32 Å². The van der Waals surface area contributed by atoms with E-state index in [1.54, 1.807) is 12.1 Å². The van der Waals surface area contributed by atoms with E-state index in [0.29, 0.717) is 10.6 Å². The number of nitrogens with one attached hydrogen (secondary N) is 1. The molecule has 0 unspecified atom stereocenters. The van der Waals surface area contributed by atoms with Gasteiger partial charge in [0.1, 0.15) is 0 Å². The first-order valence-corrected chi connectivity index (χ1v) is 7.92. The van der Waals surface area contributed by atoms with Crippen LogP contribution in [0.5, 0.6) is 0 Å². The minimum atomic E-state index is -1.16. The van der Waals surface area contributed by atoms with Gasteiger partial charge in [0.25, 0.3) is 5.91 Å². The third-order valence-corrected chi connectivity index (χ3v) is 3.95. The van der Waals surface area contributed by atoms with Gasteiger partial charge in [0, 0.05) is 10.6 Å². The van der Waals surface area contributed by atoms with Gasteiger partial charge in [-0.1, -0.05) is 60.1 Å². The molecular formula is C20H14ClNO3. The van der Waals surface area contributed by atoms with Crippen molar-refractivity contribution in [3.8, 4) is 11.1 Å². The van der Waals surface area contributed by atoms with Crippen LogP contribution in [0.4, 0.5) is 5.69 Å². The Hall–Kier alpha value is -3.11. The quantitative estimate of drug-likeness (QED) is 0.698. The Labute approximate surface area is 149 Å². The molecule has 3 aromatic rings. The van der Waals surface area contributed by atoms with Crippen LogP contribution in [0.15, 0.2) is 72.8 Å². The number of hydrogen-bond acceptors (Lipinski definition) is 2. The lowest BCUT2D eigenvalue weighted by Crippen LogP contribution is -2.15. The van der Waals surface area contributed by atoms with Gasteiger partial charge in [-0.25, -0.2) is 4.79 Å². The second-order valence-electron chi connectivity index (χ2n) is 5.36. The van der Waals surface area contributed by atoms with E-state index >= 15 is 0 Å². The number of aromatic carboxylic acids is 1. The number of amides is 1. The summed E-state index contributed by atoms with van der Waals surface area (Å²) in [4.78, 5) is 24.1. The van der Waals surface area contributed by atoms with Gasteiger partial charge in [-0.3, -0.25) is 4.79 Å². The Morgan fingerprint density at radius 2 is 1.52 bits per heavy atom. The number of benzene rings is 3. The highest BCUT2D eigenvalue weighted by Gasteiger charge is 2.16. The molecule has 1 amide bonds. The largest absolute Gasteiger partial charge is 0.478 e. The molecule has 3 rings (SSSR count). The molecule has 0 bridgehead atoms. The molecular weight excluding hydrogens is 338 g/mol. The first-order chi connectivity index (χ1) is 12.1. The number of carboxylic acid groups (broad SMARTS) is 1. The first kappa shape index (κ1) is 16.7. The molecule has 4 nitrogen and oxygen atoms in total. The maximum atomic E-state index is 12.7. The van der Waals surface area contributed by atoms with Crippen molar-refractivity contribution in [3.63, 3.8) is 0 Å². The third kappa shape index (κ3) is 3.70. The fourth-order valence-electron chi connectivity index (χ4n) is 2.54. The maximum absolute atomic E-state index is 12.7. The average molecular weight is 352 g/mol. The summed E-state index contributed by atoms with van der Waals surface area (Å²) in [6, 6.07) is 21.0. The van der Waals surface area contributed by atoms with E-state index in [4.69, 9.17) is 11.6 Å². The van der Waals surface area contributed by atoms with Gasteiger partial charge in [-0.05, 0) is 35.4 Å². The van der Waals surface area contributed by atoms with Crippen molar-refractivity contribution in [1.82, 2.24) is 0 Å². The van der Waals surface area contributed by atoms with Crippen LogP contribution >= 0.6 is 11.6 Å². The minimum Gasteiger partial charge on any atom is -0.478 e. The highest BCUT2D eigenvalue weighted by molar-refractivity contribution is 6.31. The Morgan fingerprint density at radius 1 is 0.840 bits per heavy atom. The monoisotopic (exact) mass is 351 g/mol. The summed E-state index contributed by atoms with van der Waals surface area (Å²) in [6.07, 6.45) is 0. The van der Waals surface area contributed by atoms with Crippen molar-refractivity contribution in [2.45, 2.75) is 0 Å². The summed E-state index contributed by atoms with van der Waals surface area (Å²) in [6.45, 7) is 0. The van der Waals surface area contributed by atoms with E-state index in [2.05, 4.69) is 5.32 Å². The van der Waals surface area contributed by atoms with Gasteiger partial charge in [0.15, 0.2) is 0 Å². The van der Waals surface area contributed by atoms with Gasteiger partial charge in [0.05, 0.1) is 11.3 Å². The number of halogens is 1. The third-order valence-electron chi connectivity index (χ3n) is 3.72. The fraction of sp³-hybridized carbons (Fsp3) is 0. The highest BCUT2D eigenvalue weighted by Crippen LogP contribution is 2.26. The molecule has 25 heavy (non-hydrogen) atoms. The lowest BCUT2D eigenvalue weighted by molar-refractivity contribution is 0.0698. The van der Waals surface area contributed by atoms with E-state index in [-0.39, 0.29) is 17.2 Å². The van der Waals surface area contributed by atoms with Crippen LogP contribution in [0.1, 0.15) is 20.7 Å². The van der Waals surface area contributed by atoms with Crippen LogP contribution in [-0.4, -0.2) is 17.0 Å². The predicted molar refractivity (Wildman–Crippen MR) is 98.2 cm³/mol. The number of rotatable bonds is 4. The van der Waals surface area contributed by atoms with Crippen LogP contribution in [0.25, 0.3) is 11.1 Å². The zero-order valence-corrected chi connectivity index (χ0v) is 13.8. The van der Waals surface area contributed by atoms with Crippen molar-refractivity contribution < 1.29 is 14.7 Å². The van der Waals surface area contributed by atoms with Crippen molar-refractivity contribution in [3.05, 3.63) is 88.9 Å². The molecule has 0 spiro atoms. The molecule has 124 valence electrons. The van der Waals surface area contributed by atoms with E-state index < -0.39 is 5.97 Å². The molecule has 0 aliphatic carbocycles. The molecule has 5 heteroatoms. The smallest absolute Gasteiger partial charge is 0.337 e. The summed E-state index contributed by atoms with van der Waals surface area (Å²) in [5, 5.41) is 12.3. The molecule has 0 saturated heterocycles. The lowest BCUT2D eigenvalue weighted by atomic mass is 9.99. The zero-order valence-electron chi connectivity index (χ0n) is 13.1. The second kappa shape index (κ2) is 7.20. The predicted octanol–water partition coefficient (Wildman–Crippen LogP) is 4.96. The molecule has 0 radical (unpaired) electrons. The minimum absolute atomic E-state index is 0.0574. The lowest BCUT2D eigenvalue weighted by Gasteiger charge is -2.12. The molecule has 0 atom stereocenters. The molecule has 0 aromatic heterocycles. The number of hydrogen-bond donors (Lipinski definition) is 2. The van der Waals surface area contributed by atoms with Gasteiger partial charge >= 0.3 is 5.97 Å². The van der Waals surface area contributed by atoms with Gasteiger partial charge in [0.2, 0.25) is 0 Å². The van der Waals surface area contributed by atoms with E-state index in [1.807, 2.05) is 42.5 Å². The van der Waals surface area contributed by atoms with E-state index in [1.165, 1.54) is 18.2 Å². The maximum Gasteiger partial charge on any atom is 0.337 e. The van der Waals surface area contributed by atoms with Crippen LogP contribution in [0.2, 0.25) is 5.02 Å². The molecule has 0 aliphatic rings. The number of carbonyl (C=O) groups is 2. The Morgan fingerprint density at radius 3 is 2.24 bits per heavy atom. The normalized spacial score (nSPS) is 10.3. The summed E-state index contributed by atoms with van der Waals surface area (Å²) < 4.78 is 0. The van der Waals surface area contributed by atoms with Crippen molar-refractivity contribution in [2.24, 2.45) is 0 Å². The van der Waals surface area contributed by atoms with Gasteiger partial charge < -0.3 is 10.4 Å². The van der Waals surface area contributed by atoms with Gasteiger partial charge in [-0.2, -0.15) is 0 Å². The standard InChI is InChI=1S/C20H14ClNO3/c21-14-10-11-18(17(12-14)20(24)25)22-19(23)16-9-5-4-8-15(16)13-6-2-1-3-7-13/h1-12H,(H,22,23)(H,24,25). The summed E-state index contributed by atoms with van der Waals surface area (Å²) in [5.41, 5.74) is 2.28. The molecule has 0 heterocycles. The summed E-state index contributed by atoms with van der Waals surface area (Å²) in [7, 11) is 0. The summed E-state index contributed by atoms with van der Waals surface area (Å²) in [5.74, 6) is -1.54. The summed E-state index contributed by atoms with van der Waals surface area (Å²) >= 11 is 5.84. The van der Waals surface area contributed by atoms with Crippen LogP contribution < -0.4 is 5.32 Å². The van der Waals surface area contributed by atoms with Crippen molar-refractivity contribution in [1.29, 1.82) is 0 Å². The second-order valence-corrected chi connectivity index (χ2v) is 5.80. The van der Waals surface area contributed by atoms with Crippen LogP contribution in [0, 0.1) is 0 Å². The Balaban J connectivity index is 1.97. The number of carboxylic acids is 1. The molecule has 0 fully saturated rings. The topological polar surface area (TPSA) is 66.4 Å². The molecule has 0 aliphatic heterocycles. The fourth-order valence-corrected chi connectivity index (χ4v) is 2.71. The molecule has 0 saturated carbocycles. The highest BCUT2D eigenvalue weighted by atomic mass is 35.5. The number of carbonyl (C=O) groups excluding carboxylic acids is 1. The van der Waals surface area contributed by atoms with Crippen LogP contribution in [-0.2, 0) is 0 Å². The SMILES string of the molecule is O=C(O)c1cc(Cl)ccc1NC(=O)c1ccccc1-c1ccccc1. The Kier molecular flexibility index (Phi) is 4.82. The van der Waals surface area contributed by atoms with Gasteiger partial charge in [-0.15, -0.1) is 0 Å². The average Bonchev–Trinajstić information content (AvgIpc) is 2.63. The molecule has 2 N–H and O–H groups in total. The van der Waals surface area contributed by atoms with Crippen LogP contribution in [0.3, 0.4) is 0 Å². The van der Waals surface area contributed by atoms with E-state index in [0.717, 1.165) is 11.1 Å².